The highest BCUT2D eigenvalue weighted by Crippen LogP contribution is 2.48. The predicted molar refractivity (Wildman–Crippen MR) is 195 cm³/mol. The van der Waals surface area contributed by atoms with Gasteiger partial charge in [-0.25, -0.2) is 22.3 Å². The van der Waals surface area contributed by atoms with Crippen LogP contribution in [0.4, 0.5) is 15.8 Å². The number of amides is 2. The summed E-state index contributed by atoms with van der Waals surface area (Å²) in [6.07, 6.45) is 2.30. The fourth-order valence-corrected chi connectivity index (χ4v) is 9.75. The van der Waals surface area contributed by atoms with Gasteiger partial charge >= 0.3 is 5.63 Å². The lowest BCUT2D eigenvalue weighted by Crippen LogP contribution is -2.53. The quantitative estimate of drug-likeness (QED) is 0.343. The molecule has 0 bridgehead atoms. The first-order valence-electron chi connectivity index (χ1n) is 18.2. The molecule has 0 spiro atoms. The summed E-state index contributed by atoms with van der Waals surface area (Å²) in [6.45, 7) is 9.92. The Morgan fingerprint density at radius 2 is 1.75 bits per heavy atom. The summed E-state index contributed by atoms with van der Waals surface area (Å²) in [5, 5.41) is 0.872. The number of nitrogens with zero attached hydrogens (tertiary/aromatic N) is 4. The van der Waals surface area contributed by atoms with Gasteiger partial charge in [0.15, 0.2) is 5.82 Å². The number of aryl methyl sites for hydroxylation is 2. The lowest BCUT2D eigenvalue weighted by Gasteiger charge is -2.41. The van der Waals surface area contributed by atoms with Crippen molar-refractivity contribution in [3.63, 3.8) is 0 Å². The topological polar surface area (TPSA) is 133 Å². The van der Waals surface area contributed by atoms with Crippen LogP contribution in [0.3, 0.4) is 0 Å². The molecule has 12 nitrogen and oxygen atoms in total. The molecular weight excluding hydrogens is 690 g/mol. The third-order valence-electron chi connectivity index (χ3n) is 12.3. The molecule has 3 aromatic rings. The number of anilines is 2. The van der Waals surface area contributed by atoms with E-state index in [0.717, 1.165) is 53.8 Å². The van der Waals surface area contributed by atoms with Gasteiger partial charge in [0.2, 0.25) is 10.0 Å². The molecule has 2 unspecified atom stereocenters. The van der Waals surface area contributed by atoms with Crippen LogP contribution < -0.4 is 20.1 Å². The average Bonchev–Trinajstić information content (AvgIpc) is 4.02. The van der Waals surface area contributed by atoms with Gasteiger partial charge in [0, 0.05) is 63.0 Å². The van der Waals surface area contributed by atoms with E-state index < -0.39 is 38.0 Å². The summed E-state index contributed by atoms with van der Waals surface area (Å²) < 4.78 is 55.1. The number of ether oxygens (including phenoxy) is 1. The van der Waals surface area contributed by atoms with Crippen LogP contribution in [0.2, 0.25) is 0 Å². The fraction of sp³-hybridized carbons (Fsp3) is 0.553. The molecule has 2 aromatic carbocycles. The van der Waals surface area contributed by atoms with E-state index in [4.69, 9.17) is 9.15 Å². The van der Waals surface area contributed by atoms with E-state index in [0.29, 0.717) is 61.9 Å². The zero-order chi connectivity index (χ0) is 36.9. The van der Waals surface area contributed by atoms with Crippen molar-refractivity contribution in [3.8, 4) is 0 Å². The van der Waals surface area contributed by atoms with Crippen molar-refractivity contribution in [2.75, 3.05) is 69.8 Å². The summed E-state index contributed by atoms with van der Waals surface area (Å²) in [7, 11) is -0.160. The molecule has 2 saturated heterocycles. The molecule has 2 saturated carbocycles. The standard InChI is InChI=1S/C38H46FN5O7S/c1-21-14-30(42-13-12-41(4)25(18-42)20-50-5)22(2)34-31(21)26-8-11-43(19-29(26)37(47)51-34)36(46)27-6-7-28(35(45)40-52(48,49)38(3)9-10-38)33(32(27)39)44-16-23-15-24(23)17-44/h6-7,14,23-25H,8-13,15-20H2,1-5H3,(H,40,45)/t23?,24?,25-/m1/s1. The molecule has 1 N–H and O–H groups in total. The van der Waals surface area contributed by atoms with Crippen LogP contribution in [-0.4, -0.2) is 101 Å². The molecule has 52 heavy (non-hydrogen) atoms. The maximum absolute atomic E-state index is 16.6. The van der Waals surface area contributed by atoms with Crippen molar-refractivity contribution in [1.82, 2.24) is 14.5 Å². The van der Waals surface area contributed by atoms with E-state index in [1.165, 1.54) is 17.0 Å². The Labute approximate surface area is 302 Å². The highest BCUT2D eigenvalue weighted by atomic mass is 32.2. The van der Waals surface area contributed by atoms with E-state index in [9.17, 15) is 22.8 Å². The average molecular weight is 736 g/mol. The Hall–Kier alpha value is -4.01. The first-order chi connectivity index (χ1) is 24.7. The second-order valence-electron chi connectivity index (χ2n) is 15.8. The summed E-state index contributed by atoms with van der Waals surface area (Å²) in [4.78, 5) is 48.9. The third-order valence-corrected chi connectivity index (χ3v) is 14.4. The molecule has 0 radical (unpaired) electrons. The van der Waals surface area contributed by atoms with Crippen LogP contribution in [0.25, 0.3) is 11.0 Å². The molecule has 5 aliphatic rings. The predicted octanol–water partition coefficient (Wildman–Crippen LogP) is 3.58. The fourth-order valence-electron chi connectivity index (χ4n) is 8.51. The van der Waals surface area contributed by atoms with Gasteiger partial charge in [-0.1, -0.05) is 0 Å². The number of hydrogen-bond acceptors (Lipinski definition) is 10. The van der Waals surface area contributed by atoms with Crippen molar-refractivity contribution in [2.24, 2.45) is 11.8 Å². The van der Waals surface area contributed by atoms with Gasteiger partial charge in [0.25, 0.3) is 11.8 Å². The van der Waals surface area contributed by atoms with Crippen molar-refractivity contribution in [3.05, 3.63) is 67.8 Å². The minimum atomic E-state index is -3.96. The number of benzene rings is 2. The van der Waals surface area contributed by atoms with Gasteiger partial charge in [-0.15, -0.1) is 0 Å². The number of rotatable bonds is 8. The van der Waals surface area contributed by atoms with Crippen LogP contribution in [0.15, 0.2) is 27.4 Å². The Morgan fingerprint density at radius 3 is 2.44 bits per heavy atom. The molecular formula is C38H46FN5O7S. The van der Waals surface area contributed by atoms with Crippen molar-refractivity contribution >= 4 is 44.2 Å². The van der Waals surface area contributed by atoms with E-state index in [-0.39, 0.29) is 35.9 Å². The SMILES string of the molecule is COC[C@H]1CN(c2cc(C)c3c4c(c(=O)oc3c2C)CN(C(=O)c2ccc(C(=O)NS(=O)(=O)C3(C)CC3)c(N3CC5CC5C3)c2F)CC4)CCN1C. The van der Waals surface area contributed by atoms with Gasteiger partial charge in [0.1, 0.15) is 5.58 Å². The Bertz CT molecular complexity index is 2170. The van der Waals surface area contributed by atoms with Gasteiger partial charge in [-0.3, -0.25) is 14.5 Å². The Balaban J connectivity index is 1.09. The maximum atomic E-state index is 16.6. The summed E-state index contributed by atoms with van der Waals surface area (Å²) in [5.41, 5.74) is 3.73. The zero-order valence-electron chi connectivity index (χ0n) is 30.4. The maximum Gasteiger partial charge on any atom is 0.341 e. The second kappa shape index (κ2) is 12.6. The summed E-state index contributed by atoms with van der Waals surface area (Å²) in [5.74, 6) is -1.61. The smallest absolute Gasteiger partial charge is 0.341 e. The van der Waals surface area contributed by atoms with Gasteiger partial charge in [-0.2, -0.15) is 0 Å². The molecule has 8 rings (SSSR count). The molecule has 2 amide bonds. The molecule has 3 aliphatic heterocycles. The number of carbonyl (C=O) groups is 2. The monoisotopic (exact) mass is 735 g/mol. The highest BCUT2D eigenvalue weighted by molar-refractivity contribution is 7.91. The molecule has 1 aromatic heterocycles. The number of fused-ring (bicyclic) bond motifs is 4. The van der Waals surface area contributed by atoms with Crippen LogP contribution >= 0.6 is 0 Å². The molecule has 4 fully saturated rings. The number of nitrogens with one attached hydrogen (secondary N) is 1. The van der Waals surface area contributed by atoms with Crippen molar-refractivity contribution < 1.29 is 31.6 Å². The number of likely N-dealkylation sites (N-methyl/N-ethyl adjacent to an activating group) is 1. The van der Waals surface area contributed by atoms with E-state index in [2.05, 4.69) is 27.6 Å². The van der Waals surface area contributed by atoms with Gasteiger partial charge < -0.3 is 23.9 Å². The number of piperidine rings is 1. The van der Waals surface area contributed by atoms with E-state index >= 15 is 4.39 Å². The number of carbonyl (C=O) groups excluding carboxylic acids is 2. The number of halogens is 1. The largest absolute Gasteiger partial charge is 0.422 e. The Morgan fingerprint density at radius 1 is 1.04 bits per heavy atom. The molecule has 3 atom stereocenters. The number of methoxy groups -OCH3 is 1. The lowest BCUT2D eigenvalue weighted by molar-refractivity contribution is 0.0727. The van der Waals surface area contributed by atoms with Crippen LogP contribution in [0.5, 0.6) is 0 Å². The van der Waals surface area contributed by atoms with Crippen LogP contribution in [0, 0.1) is 31.5 Å². The number of piperazine rings is 1. The van der Waals surface area contributed by atoms with Crippen LogP contribution in [-0.2, 0) is 27.7 Å². The third kappa shape index (κ3) is 5.77. The second-order valence-corrected chi connectivity index (χ2v) is 18.0. The van der Waals surface area contributed by atoms with Crippen molar-refractivity contribution in [2.45, 2.75) is 63.8 Å². The molecule has 2 aliphatic carbocycles. The lowest BCUT2D eigenvalue weighted by atomic mass is 9.92. The number of hydrogen-bond donors (Lipinski definition) is 1. The molecule has 4 heterocycles. The molecule has 278 valence electrons. The van der Waals surface area contributed by atoms with Gasteiger partial charge in [-0.05, 0) is 94.7 Å². The first-order valence-corrected chi connectivity index (χ1v) is 19.7. The van der Waals surface area contributed by atoms with E-state index in [1.54, 1.807) is 18.9 Å². The van der Waals surface area contributed by atoms with Crippen LogP contribution in [0.1, 0.15) is 69.2 Å². The van der Waals surface area contributed by atoms with Crippen molar-refractivity contribution in [1.29, 1.82) is 0 Å². The van der Waals surface area contributed by atoms with E-state index in [1.807, 2.05) is 13.8 Å². The Kier molecular flexibility index (Phi) is 8.46. The number of sulfonamides is 1. The molecule has 14 heteroatoms. The zero-order valence-corrected chi connectivity index (χ0v) is 31.2. The van der Waals surface area contributed by atoms with Gasteiger partial charge in [0.05, 0.1) is 46.3 Å². The minimum absolute atomic E-state index is 0.0501. The minimum Gasteiger partial charge on any atom is -0.422 e. The summed E-state index contributed by atoms with van der Waals surface area (Å²) in [6, 6.07) is 4.98. The summed E-state index contributed by atoms with van der Waals surface area (Å²) >= 11 is 0. The normalized spacial score (nSPS) is 23.8. The first kappa shape index (κ1) is 35.0. The highest BCUT2D eigenvalue weighted by Gasteiger charge is 2.51.